The zero-order valence-corrected chi connectivity index (χ0v) is 12.8. The number of carbonyl (C=O) groups excluding carboxylic acids is 2. The van der Waals surface area contributed by atoms with Crippen molar-refractivity contribution in [2.45, 2.75) is 30.7 Å². The standard InChI is InChI=1S/C15H19N3O2S/c1-9-3-2-6-16-14(9)15(20)17-10-4-5-12-11(7-10)18-13(19)8-21-12/h4-5,7,9,14,16H,2-3,6,8H2,1H3,(H,17,20)(H,18,19). The van der Waals surface area contributed by atoms with E-state index in [1.165, 1.54) is 11.8 Å². The van der Waals surface area contributed by atoms with Gasteiger partial charge in [0.25, 0.3) is 0 Å². The second-order valence-corrected chi connectivity index (χ2v) is 6.61. The fourth-order valence-electron chi connectivity index (χ4n) is 2.78. The Kier molecular flexibility index (Phi) is 4.17. The van der Waals surface area contributed by atoms with Crippen LogP contribution in [0.15, 0.2) is 23.1 Å². The fraction of sp³-hybridized carbons (Fsp3) is 0.467. The molecule has 5 nitrogen and oxygen atoms in total. The van der Waals surface area contributed by atoms with Gasteiger partial charge in [0.1, 0.15) is 0 Å². The van der Waals surface area contributed by atoms with Crippen molar-refractivity contribution in [2.75, 3.05) is 22.9 Å². The number of anilines is 2. The summed E-state index contributed by atoms with van der Waals surface area (Å²) in [6.07, 6.45) is 2.19. The van der Waals surface area contributed by atoms with Crippen LogP contribution in [0.2, 0.25) is 0 Å². The molecular formula is C15H19N3O2S. The molecule has 1 fully saturated rings. The van der Waals surface area contributed by atoms with Gasteiger partial charge in [0.05, 0.1) is 17.5 Å². The first-order valence-corrected chi connectivity index (χ1v) is 8.23. The average molecular weight is 305 g/mol. The Labute approximate surface area is 128 Å². The normalized spacial score (nSPS) is 24.9. The van der Waals surface area contributed by atoms with Crippen molar-refractivity contribution in [1.82, 2.24) is 5.32 Å². The van der Waals surface area contributed by atoms with Gasteiger partial charge in [-0.1, -0.05) is 6.92 Å². The van der Waals surface area contributed by atoms with Crippen LogP contribution in [0, 0.1) is 5.92 Å². The third kappa shape index (κ3) is 3.22. The maximum Gasteiger partial charge on any atom is 0.241 e. The number of hydrogen-bond donors (Lipinski definition) is 3. The minimum atomic E-state index is -0.140. The van der Waals surface area contributed by atoms with Gasteiger partial charge < -0.3 is 16.0 Å². The lowest BCUT2D eigenvalue weighted by atomic mass is 9.92. The molecule has 112 valence electrons. The molecule has 1 saturated heterocycles. The topological polar surface area (TPSA) is 70.2 Å². The van der Waals surface area contributed by atoms with E-state index in [0.717, 1.165) is 35.7 Å². The summed E-state index contributed by atoms with van der Waals surface area (Å²) in [5, 5.41) is 9.05. The van der Waals surface area contributed by atoms with Crippen molar-refractivity contribution in [3.63, 3.8) is 0 Å². The molecule has 2 aliphatic heterocycles. The zero-order valence-electron chi connectivity index (χ0n) is 11.9. The summed E-state index contributed by atoms with van der Waals surface area (Å²) in [6, 6.07) is 5.51. The van der Waals surface area contributed by atoms with Crippen LogP contribution in [0.25, 0.3) is 0 Å². The monoisotopic (exact) mass is 305 g/mol. The van der Waals surface area contributed by atoms with Gasteiger partial charge in [-0.05, 0) is 43.5 Å². The molecule has 0 aliphatic carbocycles. The highest BCUT2D eigenvalue weighted by Crippen LogP contribution is 2.33. The van der Waals surface area contributed by atoms with Crippen molar-refractivity contribution in [2.24, 2.45) is 5.92 Å². The van der Waals surface area contributed by atoms with Gasteiger partial charge in [0.15, 0.2) is 0 Å². The number of piperidine rings is 1. The van der Waals surface area contributed by atoms with Crippen molar-refractivity contribution in [3.8, 4) is 0 Å². The molecule has 2 aliphatic rings. The third-order valence-electron chi connectivity index (χ3n) is 3.93. The van der Waals surface area contributed by atoms with E-state index in [4.69, 9.17) is 0 Å². The Bertz CT molecular complexity index is 576. The number of amides is 2. The van der Waals surface area contributed by atoms with Crippen LogP contribution in [0.1, 0.15) is 19.8 Å². The molecule has 0 bridgehead atoms. The number of nitrogens with one attached hydrogen (secondary N) is 3. The highest BCUT2D eigenvalue weighted by atomic mass is 32.2. The molecular weight excluding hydrogens is 286 g/mol. The van der Waals surface area contributed by atoms with E-state index in [1.54, 1.807) is 0 Å². The molecule has 0 radical (unpaired) electrons. The van der Waals surface area contributed by atoms with Gasteiger partial charge in [0, 0.05) is 10.6 Å². The maximum atomic E-state index is 12.3. The summed E-state index contributed by atoms with van der Waals surface area (Å²) in [7, 11) is 0. The van der Waals surface area contributed by atoms with E-state index in [9.17, 15) is 9.59 Å². The molecule has 2 heterocycles. The van der Waals surface area contributed by atoms with Crippen LogP contribution in [0.5, 0.6) is 0 Å². The lowest BCUT2D eigenvalue weighted by Crippen LogP contribution is -2.48. The van der Waals surface area contributed by atoms with E-state index in [2.05, 4.69) is 22.9 Å². The summed E-state index contributed by atoms with van der Waals surface area (Å²) in [5.74, 6) is 0.782. The SMILES string of the molecule is CC1CCCNC1C(=O)Nc1ccc2c(c1)NC(=O)CS2. The van der Waals surface area contributed by atoms with Crippen molar-refractivity contribution in [1.29, 1.82) is 0 Å². The van der Waals surface area contributed by atoms with Crippen LogP contribution in [0.4, 0.5) is 11.4 Å². The lowest BCUT2D eigenvalue weighted by molar-refractivity contribution is -0.119. The Morgan fingerprint density at radius 1 is 1.43 bits per heavy atom. The zero-order chi connectivity index (χ0) is 14.8. The van der Waals surface area contributed by atoms with E-state index >= 15 is 0 Å². The molecule has 2 unspecified atom stereocenters. The second kappa shape index (κ2) is 6.07. The molecule has 0 saturated carbocycles. The number of hydrogen-bond acceptors (Lipinski definition) is 4. The third-order valence-corrected chi connectivity index (χ3v) is 5.01. The highest BCUT2D eigenvalue weighted by molar-refractivity contribution is 8.00. The number of rotatable bonds is 2. The largest absolute Gasteiger partial charge is 0.325 e. The summed E-state index contributed by atoms with van der Waals surface area (Å²) >= 11 is 1.52. The van der Waals surface area contributed by atoms with Crippen LogP contribution >= 0.6 is 11.8 Å². The summed E-state index contributed by atoms with van der Waals surface area (Å²) in [4.78, 5) is 24.8. The first kappa shape index (κ1) is 14.4. The molecule has 3 rings (SSSR count). The predicted octanol–water partition coefficient (Wildman–Crippen LogP) is 2.06. The summed E-state index contributed by atoms with van der Waals surface area (Å²) < 4.78 is 0. The van der Waals surface area contributed by atoms with Gasteiger partial charge in [-0.15, -0.1) is 11.8 Å². The van der Waals surface area contributed by atoms with Gasteiger partial charge in [-0.2, -0.15) is 0 Å². The minimum Gasteiger partial charge on any atom is -0.325 e. The molecule has 3 N–H and O–H groups in total. The highest BCUT2D eigenvalue weighted by Gasteiger charge is 2.27. The minimum absolute atomic E-state index is 0.00135. The Morgan fingerprint density at radius 2 is 2.29 bits per heavy atom. The second-order valence-electron chi connectivity index (χ2n) is 5.59. The molecule has 6 heteroatoms. The molecule has 21 heavy (non-hydrogen) atoms. The molecule has 1 aromatic rings. The number of benzene rings is 1. The molecule has 0 spiro atoms. The lowest BCUT2D eigenvalue weighted by Gasteiger charge is -2.29. The van der Waals surface area contributed by atoms with Crippen molar-refractivity contribution >= 4 is 35.0 Å². The summed E-state index contributed by atoms with van der Waals surface area (Å²) in [6.45, 7) is 2.99. The van der Waals surface area contributed by atoms with E-state index in [-0.39, 0.29) is 17.9 Å². The molecule has 1 aromatic carbocycles. The number of thioether (sulfide) groups is 1. The first-order chi connectivity index (χ1) is 10.1. The van der Waals surface area contributed by atoms with Crippen LogP contribution in [-0.4, -0.2) is 30.2 Å². The number of carbonyl (C=O) groups is 2. The van der Waals surface area contributed by atoms with Crippen molar-refractivity contribution in [3.05, 3.63) is 18.2 Å². The predicted molar refractivity (Wildman–Crippen MR) is 84.6 cm³/mol. The quantitative estimate of drug-likeness (QED) is 0.782. The van der Waals surface area contributed by atoms with Gasteiger partial charge in [0.2, 0.25) is 11.8 Å². The molecule has 0 aromatic heterocycles. The van der Waals surface area contributed by atoms with Crippen LogP contribution in [0.3, 0.4) is 0 Å². The average Bonchev–Trinajstić information content (AvgIpc) is 2.47. The van der Waals surface area contributed by atoms with Gasteiger partial charge in [-0.3, -0.25) is 9.59 Å². The van der Waals surface area contributed by atoms with E-state index in [1.807, 2.05) is 18.2 Å². The summed E-state index contributed by atoms with van der Waals surface area (Å²) in [5.41, 5.74) is 1.50. The fourth-order valence-corrected chi connectivity index (χ4v) is 3.57. The van der Waals surface area contributed by atoms with Crippen LogP contribution in [-0.2, 0) is 9.59 Å². The number of fused-ring (bicyclic) bond motifs is 1. The maximum absolute atomic E-state index is 12.3. The van der Waals surface area contributed by atoms with Gasteiger partial charge in [-0.25, -0.2) is 0 Å². The molecule has 2 amide bonds. The van der Waals surface area contributed by atoms with E-state index < -0.39 is 0 Å². The first-order valence-electron chi connectivity index (χ1n) is 7.24. The smallest absolute Gasteiger partial charge is 0.241 e. The Morgan fingerprint density at radius 3 is 3.10 bits per heavy atom. The van der Waals surface area contributed by atoms with E-state index in [0.29, 0.717) is 11.7 Å². The Balaban J connectivity index is 1.71. The van der Waals surface area contributed by atoms with Gasteiger partial charge >= 0.3 is 0 Å². The van der Waals surface area contributed by atoms with Crippen LogP contribution < -0.4 is 16.0 Å². The Hall–Kier alpha value is -1.53. The molecule has 2 atom stereocenters. The van der Waals surface area contributed by atoms with Crippen molar-refractivity contribution < 1.29 is 9.59 Å².